The van der Waals surface area contributed by atoms with E-state index in [-0.39, 0.29) is 31.1 Å². The van der Waals surface area contributed by atoms with Gasteiger partial charge in [0, 0.05) is 19.3 Å². The van der Waals surface area contributed by atoms with Crippen LogP contribution in [0.15, 0.2) is 36.5 Å². The molecule has 0 radical (unpaired) electrons. The zero-order chi connectivity index (χ0) is 44.4. The lowest BCUT2D eigenvalue weighted by atomic mass is 10.1. The highest BCUT2D eigenvalue weighted by Crippen LogP contribution is 2.15. The van der Waals surface area contributed by atoms with Crippen LogP contribution in [-0.4, -0.2) is 37.2 Å². The molecule has 1 unspecified atom stereocenters. The second-order valence-electron chi connectivity index (χ2n) is 17.8. The van der Waals surface area contributed by atoms with E-state index < -0.39 is 6.10 Å². The van der Waals surface area contributed by atoms with Crippen molar-refractivity contribution >= 4 is 17.9 Å². The number of esters is 3. The fourth-order valence-corrected chi connectivity index (χ4v) is 7.60. The van der Waals surface area contributed by atoms with Gasteiger partial charge in [-0.05, 0) is 70.6 Å². The summed E-state index contributed by atoms with van der Waals surface area (Å²) in [5, 5.41) is 0. The van der Waals surface area contributed by atoms with Crippen molar-refractivity contribution in [2.24, 2.45) is 0 Å². The van der Waals surface area contributed by atoms with E-state index in [1.54, 1.807) is 0 Å². The SMILES string of the molecule is CCCCC/C=C\C=C/CCCCCCCCCCCCC(=O)OCC(COC(=O)CCCCCCCCCCCC)OC(=O)CCCCC/C=C\CCCCCCCCC. The summed E-state index contributed by atoms with van der Waals surface area (Å²) in [5.74, 6) is -0.887. The summed E-state index contributed by atoms with van der Waals surface area (Å²) in [5.41, 5.74) is 0. The van der Waals surface area contributed by atoms with E-state index in [0.29, 0.717) is 19.3 Å². The topological polar surface area (TPSA) is 78.9 Å². The number of carbonyl (C=O) groups excluding carboxylic acids is 3. The van der Waals surface area contributed by atoms with Crippen LogP contribution >= 0.6 is 0 Å². The molecule has 6 heteroatoms. The van der Waals surface area contributed by atoms with Gasteiger partial charge < -0.3 is 14.2 Å². The van der Waals surface area contributed by atoms with Crippen LogP contribution in [0.2, 0.25) is 0 Å². The molecular weight excluding hydrogens is 757 g/mol. The van der Waals surface area contributed by atoms with Gasteiger partial charge in [0.25, 0.3) is 0 Å². The molecule has 0 aromatic carbocycles. The Labute approximate surface area is 378 Å². The Hall–Kier alpha value is -2.37. The molecule has 1 atom stereocenters. The van der Waals surface area contributed by atoms with Crippen LogP contribution < -0.4 is 0 Å². The Bertz CT molecular complexity index is 1030. The highest BCUT2D eigenvalue weighted by atomic mass is 16.6. The van der Waals surface area contributed by atoms with Gasteiger partial charge in [-0.2, -0.15) is 0 Å². The Balaban J connectivity index is 4.31. The molecule has 0 rings (SSSR count). The van der Waals surface area contributed by atoms with Gasteiger partial charge >= 0.3 is 17.9 Å². The van der Waals surface area contributed by atoms with Crippen LogP contribution in [0.1, 0.15) is 278 Å². The molecule has 0 aromatic heterocycles. The van der Waals surface area contributed by atoms with E-state index in [4.69, 9.17) is 14.2 Å². The molecule has 356 valence electrons. The van der Waals surface area contributed by atoms with Gasteiger partial charge in [-0.15, -0.1) is 0 Å². The predicted molar refractivity (Wildman–Crippen MR) is 261 cm³/mol. The van der Waals surface area contributed by atoms with E-state index in [2.05, 4.69) is 57.2 Å². The summed E-state index contributed by atoms with van der Waals surface area (Å²) in [4.78, 5) is 37.9. The fourth-order valence-electron chi connectivity index (χ4n) is 7.60. The summed E-state index contributed by atoms with van der Waals surface area (Å²) < 4.78 is 16.8. The molecule has 6 nitrogen and oxygen atoms in total. The Morgan fingerprint density at radius 2 is 0.590 bits per heavy atom. The van der Waals surface area contributed by atoms with Gasteiger partial charge in [0.1, 0.15) is 13.2 Å². The molecule has 0 aliphatic heterocycles. The maximum atomic E-state index is 12.8. The van der Waals surface area contributed by atoms with Crippen molar-refractivity contribution in [3.63, 3.8) is 0 Å². The van der Waals surface area contributed by atoms with Gasteiger partial charge in [-0.25, -0.2) is 0 Å². The zero-order valence-electron chi connectivity index (χ0n) is 40.7. The minimum Gasteiger partial charge on any atom is -0.462 e. The molecule has 0 heterocycles. The van der Waals surface area contributed by atoms with Gasteiger partial charge in [-0.1, -0.05) is 224 Å². The maximum absolute atomic E-state index is 12.8. The lowest BCUT2D eigenvalue weighted by Gasteiger charge is -2.18. The first-order valence-electron chi connectivity index (χ1n) is 26.5. The van der Waals surface area contributed by atoms with E-state index in [0.717, 1.165) is 70.6 Å². The van der Waals surface area contributed by atoms with Crippen LogP contribution in [-0.2, 0) is 28.6 Å². The molecule has 0 amide bonds. The molecule has 0 aromatic rings. The van der Waals surface area contributed by atoms with Crippen molar-refractivity contribution in [2.75, 3.05) is 13.2 Å². The molecule has 0 saturated heterocycles. The Morgan fingerprint density at radius 3 is 0.967 bits per heavy atom. The van der Waals surface area contributed by atoms with Crippen molar-refractivity contribution in [1.29, 1.82) is 0 Å². The first-order valence-corrected chi connectivity index (χ1v) is 26.5. The average molecular weight is 857 g/mol. The van der Waals surface area contributed by atoms with Crippen molar-refractivity contribution < 1.29 is 28.6 Å². The molecule has 0 spiro atoms. The van der Waals surface area contributed by atoms with Gasteiger partial charge in [0.2, 0.25) is 0 Å². The summed E-state index contributed by atoms with van der Waals surface area (Å²) in [6.45, 7) is 6.60. The second-order valence-corrected chi connectivity index (χ2v) is 17.8. The lowest BCUT2D eigenvalue weighted by molar-refractivity contribution is -0.167. The summed E-state index contributed by atoms with van der Waals surface area (Å²) >= 11 is 0. The van der Waals surface area contributed by atoms with Crippen molar-refractivity contribution in [1.82, 2.24) is 0 Å². The molecule has 0 aliphatic rings. The van der Waals surface area contributed by atoms with Crippen LogP contribution in [0, 0.1) is 0 Å². The number of rotatable bonds is 48. The summed E-state index contributed by atoms with van der Waals surface area (Å²) in [7, 11) is 0. The van der Waals surface area contributed by atoms with Crippen LogP contribution in [0.5, 0.6) is 0 Å². The van der Waals surface area contributed by atoms with Gasteiger partial charge in [-0.3, -0.25) is 14.4 Å². The highest BCUT2D eigenvalue weighted by molar-refractivity contribution is 5.71. The quantitative estimate of drug-likeness (QED) is 0.0199. The summed E-state index contributed by atoms with van der Waals surface area (Å²) in [6, 6.07) is 0. The van der Waals surface area contributed by atoms with Crippen molar-refractivity contribution in [3.8, 4) is 0 Å². The highest BCUT2D eigenvalue weighted by Gasteiger charge is 2.19. The number of hydrogen-bond donors (Lipinski definition) is 0. The predicted octanol–water partition coefficient (Wildman–Crippen LogP) is 17.3. The number of carbonyl (C=O) groups is 3. The Morgan fingerprint density at radius 1 is 0.328 bits per heavy atom. The number of ether oxygens (including phenoxy) is 3. The molecule has 0 saturated carbocycles. The van der Waals surface area contributed by atoms with Crippen LogP contribution in [0.3, 0.4) is 0 Å². The van der Waals surface area contributed by atoms with Crippen molar-refractivity contribution in [2.45, 2.75) is 284 Å². The van der Waals surface area contributed by atoms with E-state index in [1.807, 2.05) is 0 Å². The first kappa shape index (κ1) is 58.6. The van der Waals surface area contributed by atoms with Gasteiger partial charge in [0.15, 0.2) is 6.10 Å². The maximum Gasteiger partial charge on any atom is 0.306 e. The zero-order valence-corrected chi connectivity index (χ0v) is 40.7. The Kier molecular flexibility index (Phi) is 48.3. The van der Waals surface area contributed by atoms with E-state index in [9.17, 15) is 14.4 Å². The smallest absolute Gasteiger partial charge is 0.306 e. The lowest BCUT2D eigenvalue weighted by Crippen LogP contribution is -2.30. The number of unbranched alkanes of at least 4 members (excludes halogenated alkanes) is 32. The third-order valence-electron chi connectivity index (χ3n) is 11.6. The number of hydrogen-bond acceptors (Lipinski definition) is 6. The van der Waals surface area contributed by atoms with Gasteiger partial charge in [0.05, 0.1) is 0 Å². The van der Waals surface area contributed by atoms with Crippen LogP contribution in [0.25, 0.3) is 0 Å². The fraction of sp³-hybridized carbons (Fsp3) is 0.836. The third kappa shape index (κ3) is 48.5. The first-order chi connectivity index (χ1) is 30.0. The monoisotopic (exact) mass is 857 g/mol. The standard InChI is InChI=1S/C55H100O6/c1-4-7-10-13-16-19-22-24-26-27-28-29-30-32-33-36-39-42-45-48-54(57)60-51-52(50-59-53(56)47-44-41-38-35-21-18-15-12-9-6-3)61-55(58)49-46-43-40-37-34-31-25-23-20-17-14-11-8-5-2/h16,19,22,24,31,34,52H,4-15,17-18,20-21,23,25-30,32-33,35-51H2,1-3H3/b19-16-,24-22-,34-31-. The molecule has 61 heavy (non-hydrogen) atoms. The molecule has 0 fully saturated rings. The average Bonchev–Trinajstić information content (AvgIpc) is 3.26. The van der Waals surface area contributed by atoms with Crippen LogP contribution in [0.4, 0.5) is 0 Å². The second kappa shape index (κ2) is 50.3. The molecule has 0 bridgehead atoms. The minimum absolute atomic E-state index is 0.0763. The third-order valence-corrected chi connectivity index (χ3v) is 11.6. The minimum atomic E-state index is -0.776. The number of allylic oxidation sites excluding steroid dienone is 6. The summed E-state index contributed by atoms with van der Waals surface area (Å²) in [6.07, 6.45) is 58.4. The van der Waals surface area contributed by atoms with E-state index in [1.165, 1.54) is 167 Å². The van der Waals surface area contributed by atoms with E-state index >= 15 is 0 Å². The molecular formula is C55H100O6. The largest absolute Gasteiger partial charge is 0.462 e. The van der Waals surface area contributed by atoms with Crippen molar-refractivity contribution in [3.05, 3.63) is 36.5 Å². The molecule has 0 N–H and O–H groups in total. The molecule has 0 aliphatic carbocycles. The normalized spacial score (nSPS) is 12.2.